The van der Waals surface area contributed by atoms with Crippen molar-refractivity contribution < 1.29 is 17.9 Å². The van der Waals surface area contributed by atoms with E-state index in [1.54, 1.807) is 18.2 Å². The number of carbonyl (C=O) groups excluding carboxylic acids is 1. The zero-order chi connectivity index (χ0) is 18.0. The highest BCUT2D eigenvalue weighted by Crippen LogP contribution is 2.27. The third-order valence-corrected chi connectivity index (χ3v) is 7.68. The Morgan fingerprint density at radius 3 is 2.40 bits per heavy atom. The number of benzene rings is 1. The van der Waals surface area contributed by atoms with Gasteiger partial charge in [-0.05, 0) is 43.5 Å². The maximum Gasteiger partial charge on any atom is 0.243 e. The molecule has 138 valence electrons. The van der Waals surface area contributed by atoms with E-state index in [0.29, 0.717) is 57.1 Å². The van der Waals surface area contributed by atoms with Crippen LogP contribution in [0.25, 0.3) is 0 Å². The number of rotatable bonds is 3. The molecular formula is C17H23BrN2O4S. The number of hydrogen-bond donors (Lipinski definition) is 0. The quantitative estimate of drug-likeness (QED) is 0.735. The largest absolute Gasteiger partial charge is 0.378 e. The molecule has 2 fully saturated rings. The second kappa shape index (κ2) is 7.73. The van der Waals surface area contributed by atoms with Crippen molar-refractivity contribution in [3.8, 4) is 0 Å². The van der Waals surface area contributed by atoms with Gasteiger partial charge in [0.05, 0.1) is 18.1 Å². The van der Waals surface area contributed by atoms with E-state index in [1.807, 2.05) is 11.8 Å². The summed E-state index contributed by atoms with van der Waals surface area (Å²) in [5.74, 6) is 0.0519. The molecule has 0 aliphatic carbocycles. The number of amides is 1. The Bertz CT molecular complexity index is 739. The van der Waals surface area contributed by atoms with Crippen molar-refractivity contribution in [2.45, 2.75) is 24.7 Å². The van der Waals surface area contributed by atoms with Crippen LogP contribution in [0.3, 0.4) is 0 Å². The van der Waals surface area contributed by atoms with Crippen LogP contribution in [0.2, 0.25) is 0 Å². The minimum atomic E-state index is -3.51. The SMILES string of the molecule is Cc1cc(S(=O)(=O)N2CCC(C(=O)N3CCOCC3)CC2)ccc1Br. The number of aryl methyl sites for hydroxylation is 1. The minimum Gasteiger partial charge on any atom is -0.378 e. The lowest BCUT2D eigenvalue weighted by atomic mass is 9.96. The molecule has 2 heterocycles. The van der Waals surface area contributed by atoms with Crippen LogP contribution in [0.5, 0.6) is 0 Å². The van der Waals surface area contributed by atoms with E-state index in [-0.39, 0.29) is 11.8 Å². The van der Waals surface area contributed by atoms with Gasteiger partial charge in [-0.1, -0.05) is 15.9 Å². The van der Waals surface area contributed by atoms with Crippen molar-refractivity contribution in [2.24, 2.45) is 5.92 Å². The highest BCUT2D eigenvalue weighted by atomic mass is 79.9. The first kappa shape index (κ1) is 18.8. The first-order valence-electron chi connectivity index (χ1n) is 8.52. The number of carbonyl (C=O) groups is 1. The van der Waals surface area contributed by atoms with Crippen LogP contribution in [0.15, 0.2) is 27.6 Å². The van der Waals surface area contributed by atoms with Gasteiger partial charge in [0.15, 0.2) is 0 Å². The van der Waals surface area contributed by atoms with Gasteiger partial charge in [0, 0.05) is 36.6 Å². The Hall–Kier alpha value is -0.960. The van der Waals surface area contributed by atoms with Crippen molar-refractivity contribution in [3.05, 3.63) is 28.2 Å². The Labute approximate surface area is 157 Å². The first-order chi connectivity index (χ1) is 11.9. The minimum absolute atomic E-state index is 0.0868. The molecule has 0 radical (unpaired) electrons. The smallest absolute Gasteiger partial charge is 0.243 e. The van der Waals surface area contributed by atoms with Crippen LogP contribution >= 0.6 is 15.9 Å². The van der Waals surface area contributed by atoms with Gasteiger partial charge in [-0.25, -0.2) is 8.42 Å². The molecule has 1 amide bonds. The molecule has 0 unspecified atom stereocenters. The third kappa shape index (κ3) is 4.07. The van der Waals surface area contributed by atoms with E-state index in [2.05, 4.69) is 15.9 Å². The van der Waals surface area contributed by atoms with Crippen LogP contribution in [-0.4, -0.2) is 62.9 Å². The molecule has 0 atom stereocenters. The zero-order valence-corrected chi connectivity index (χ0v) is 16.7. The van der Waals surface area contributed by atoms with Gasteiger partial charge in [-0.3, -0.25) is 4.79 Å². The molecule has 1 aromatic carbocycles. The lowest BCUT2D eigenvalue weighted by Gasteiger charge is -2.35. The summed E-state index contributed by atoms with van der Waals surface area (Å²) in [6, 6.07) is 5.07. The standard InChI is InChI=1S/C17H23BrN2O4S/c1-13-12-15(2-3-16(13)18)25(22,23)20-6-4-14(5-7-20)17(21)19-8-10-24-11-9-19/h2-3,12,14H,4-11H2,1H3. The molecule has 0 saturated carbocycles. The molecule has 2 saturated heterocycles. The van der Waals surface area contributed by atoms with E-state index < -0.39 is 10.0 Å². The highest BCUT2D eigenvalue weighted by molar-refractivity contribution is 9.10. The maximum atomic E-state index is 12.8. The number of nitrogens with zero attached hydrogens (tertiary/aromatic N) is 2. The number of piperidine rings is 1. The summed E-state index contributed by atoms with van der Waals surface area (Å²) in [5, 5.41) is 0. The summed E-state index contributed by atoms with van der Waals surface area (Å²) < 4.78 is 33.3. The van der Waals surface area contributed by atoms with Crippen LogP contribution in [-0.2, 0) is 19.6 Å². The van der Waals surface area contributed by atoms with Gasteiger partial charge >= 0.3 is 0 Å². The van der Waals surface area contributed by atoms with Gasteiger partial charge in [0.25, 0.3) is 0 Å². The van der Waals surface area contributed by atoms with Crippen LogP contribution < -0.4 is 0 Å². The molecule has 2 aliphatic rings. The lowest BCUT2D eigenvalue weighted by molar-refractivity contribution is -0.140. The number of sulfonamides is 1. The fourth-order valence-corrected chi connectivity index (χ4v) is 5.11. The summed E-state index contributed by atoms with van der Waals surface area (Å²) in [5.41, 5.74) is 0.887. The topological polar surface area (TPSA) is 66.9 Å². The van der Waals surface area contributed by atoms with Gasteiger partial charge < -0.3 is 9.64 Å². The van der Waals surface area contributed by atoms with E-state index in [9.17, 15) is 13.2 Å². The molecule has 0 spiro atoms. The van der Waals surface area contributed by atoms with E-state index in [1.165, 1.54) is 4.31 Å². The van der Waals surface area contributed by atoms with Crippen molar-refractivity contribution in [1.29, 1.82) is 0 Å². The van der Waals surface area contributed by atoms with Crippen LogP contribution in [0.1, 0.15) is 18.4 Å². The average molecular weight is 431 g/mol. The summed E-state index contributed by atoms with van der Waals surface area (Å²) in [6.07, 6.45) is 1.15. The molecule has 0 bridgehead atoms. The molecule has 0 N–H and O–H groups in total. The van der Waals surface area contributed by atoms with Crippen molar-refractivity contribution in [3.63, 3.8) is 0 Å². The monoisotopic (exact) mass is 430 g/mol. The van der Waals surface area contributed by atoms with Gasteiger partial charge in [0.2, 0.25) is 15.9 Å². The number of ether oxygens (including phenoxy) is 1. The summed E-state index contributed by atoms with van der Waals surface area (Å²) in [6.45, 7) is 5.08. The maximum absolute atomic E-state index is 12.8. The molecular weight excluding hydrogens is 408 g/mol. The van der Waals surface area contributed by atoms with Gasteiger partial charge in [-0.15, -0.1) is 0 Å². The Kier molecular flexibility index (Phi) is 5.82. The molecule has 2 aliphatic heterocycles. The molecule has 1 aromatic rings. The van der Waals surface area contributed by atoms with Gasteiger partial charge in [-0.2, -0.15) is 4.31 Å². The zero-order valence-electron chi connectivity index (χ0n) is 14.3. The Morgan fingerprint density at radius 2 is 1.80 bits per heavy atom. The van der Waals surface area contributed by atoms with E-state index >= 15 is 0 Å². The number of morpholine rings is 1. The van der Waals surface area contributed by atoms with Crippen molar-refractivity contribution >= 4 is 31.9 Å². The molecule has 3 rings (SSSR count). The number of hydrogen-bond acceptors (Lipinski definition) is 4. The molecule has 8 heteroatoms. The Balaban J connectivity index is 1.64. The highest BCUT2D eigenvalue weighted by Gasteiger charge is 2.34. The van der Waals surface area contributed by atoms with Crippen molar-refractivity contribution in [2.75, 3.05) is 39.4 Å². The normalized spacial score (nSPS) is 20.6. The molecule has 25 heavy (non-hydrogen) atoms. The van der Waals surface area contributed by atoms with Crippen molar-refractivity contribution in [1.82, 2.24) is 9.21 Å². The Morgan fingerprint density at radius 1 is 1.16 bits per heavy atom. The first-order valence-corrected chi connectivity index (χ1v) is 10.8. The predicted octanol–water partition coefficient (Wildman–Crippen LogP) is 2.02. The second-order valence-corrected chi connectivity index (χ2v) is 9.32. The van der Waals surface area contributed by atoms with Crippen LogP contribution in [0, 0.1) is 12.8 Å². The van der Waals surface area contributed by atoms with Gasteiger partial charge in [0.1, 0.15) is 0 Å². The van der Waals surface area contributed by atoms with Crippen LogP contribution in [0.4, 0.5) is 0 Å². The molecule has 0 aromatic heterocycles. The summed E-state index contributed by atoms with van der Waals surface area (Å²) in [4.78, 5) is 14.7. The predicted molar refractivity (Wildman–Crippen MR) is 97.8 cm³/mol. The van der Waals surface area contributed by atoms with E-state index in [0.717, 1.165) is 10.0 Å². The number of halogens is 1. The summed E-state index contributed by atoms with van der Waals surface area (Å²) >= 11 is 3.39. The average Bonchev–Trinajstić information content (AvgIpc) is 2.64. The fraction of sp³-hybridized carbons (Fsp3) is 0.588. The summed E-state index contributed by atoms with van der Waals surface area (Å²) in [7, 11) is -3.51. The molecule has 6 nitrogen and oxygen atoms in total. The second-order valence-electron chi connectivity index (χ2n) is 6.53. The lowest BCUT2D eigenvalue weighted by Crippen LogP contribution is -2.47. The third-order valence-electron chi connectivity index (χ3n) is 4.89. The van der Waals surface area contributed by atoms with E-state index in [4.69, 9.17) is 4.74 Å². The fourth-order valence-electron chi connectivity index (χ4n) is 3.31.